The van der Waals surface area contributed by atoms with Crippen molar-refractivity contribution in [2.45, 2.75) is 68.1 Å². The van der Waals surface area contributed by atoms with Gasteiger partial charge in [-0.2, -0.15) is 13.0 Å². The molecule has 0 aliphatic carbocycles. The minimum Gasteiger partial charge on any atom is -0.481 e. The molecule has 0 aromatic heterocycles. The summed E-state index contributed by atoms with van der Waals surface area (Å²) in [5.74, 6) is -1.85. The maximum Gasteiger partial charge on any atom is 0.309 e. The smallest absolute Gasteiger partial charge is 0.309 e. The van der Waals surface area contributed by atoms with Crippen LogP contribution in [0.4, 0.5) is 11.4 Å². The van der Waals surface area contributed by atoms with Crippen molar-refractivity contribution in [2.75, 3.05) is 25.1 Å². The molecule has 49 heavy (non-hydrogen) atoms. The number of carboxylic acids is 2. The molecule has 4 rings (SSSR count). The van der Waals surface area contributed by atoms with E-state index < -0.39 is 32.9 Å². The molecule has 2 aromatic carbocycles. The van der Waals surface area contributed by atoms with Gasteiger partial charge in [-0.1, -0.05) is 48.8 Å². The monoisotopic (exact) mass is 713 g/mol. The van der Waals surface area contributed by atoms with Crippen molar-refractivity contribution >= 4 is 51.2 Å². The number of carboxylic acid groups (broad SMARTS) is 2. The Kier molecular flexibility index (Phi) is 11.7. The van der Waals surface area contributed by atoms with Gasteiger partial charge in [-0.15, -0.1) is 4.33 Å². The van der Waals surface area contributed by atoms with E-state index in [1.54, 1.807) is 6.07 Å². The topological polar surface area (TPSA) is 163 Å². The Morgan fingerprint density at radius 1 is 0.980 bits per heavy atom. The van der Waals surface area contributed by atoms with Gasteiger partial charge < -0.3 is 15.1 Å². The highest BCUT2D eigenvalue weighted by Gasteiger charge is 2.44. The number of anilines is 1. The first-order valence-electron chi connectivity index (χ1n) is 15.4. The fourth-order valence-corrected chi connectivity index (χ4v) is 7.09. The van der Waals surface area contributed by atoms with E-state index in [9.17, 15) is 32.8 Å². The molecule has 0 fully saturated rings. The fourth-order valence-electron chi connectivity index (χ4n) is 6.14. The van der Waals surface area contributed by atoms with E-state index in [0.717, 1.165) is 45.2 Å². The van der Waals surface area contributed by atoms with Gasteiger partial charge in [-0.05, 0) is 62.7 Å². The van der Waals surface area contributed by atoms with Gasteiger partial charge in [0.25, 0.3) is 10.1 Å². The molecule has 12 nitrogen and oxygen atoms in total. The summed E-state index contributed by atoms with van der Waals surface area (Å²) in [4.78, 5) is 29.8. The second-order valence-corrected chi connectivity index (χ2v) is 14.8. The van der Waals surface area contributed by atoms with E-state index in [1.807, 2.05) is 84.9 Å². The van der Waals surface area contributed by atoms with Crippen LogP contribution in [0.15, 0.2) is 93.9 Å². The second kappa shape index (κ2) is 15.2. The number of carbonyl (C=O) groups is 2. The quantitative estimate of drug-likeness (QED) is 0.0349. The summed E-state index contributed by atoms with van der Waals surface area (Å²) in [6, 6.07) is 10.1. The average molecular weight is 714 g/mol. The molecule has 0 atom stereocenters. The Labute approximate surface area is 290 Å². The molecule has 2 aromatic rings. The van der Waals surface area contributed by atoms with Gasteiger partial charge in [0.1, 0.15) is 6.42 Å². The Morgan fingerprint density at radius 2 is 1.69 bits per heavy atom. The van der Waals surface area contributed by atoms with Crippen molar-refractivity contribution in [2.24, 2.45) is 0 Å². The van der Waals surface area contributed by atoms with Crippen LogP contribution < -0.4 is 4.90 Å². The highest BCUT2D eigenvalue weighted by molar-refractivity contribution is 7.94. The summed E-state index contributed by atoms with van der Waals surface area (Å²) >= 11 is 1.00. The predicted octanol–water partition coefficient (Wildman–Crippen LogP) is 6.52. The third-order valence-corrected chi connectivity index (χ3v) is 10.00. The molecule has 262 valence electrons. The van der Waals surface area contributed by atoms with Crippen LogP contribution in [-0.4, -0.2) is 65.6 Å². The molecule has 0 amide bonds. The van der Waals surface area contributed by atoms with E-state index in [4.69, 9.17) is 4.33 Å². The Bertz CT molecular complexity index is 1890. The normalized spacial score (nSPS) is 17.8. The third-order valence-electron chi connectivity index (χ3n) is 8.58. The van der Waals surface area contributed by atoms with Crippen LogP contribution in [0.25, 0.3) is 0 Å². The standard InChI is InChI=1S/C35H40N2O10S2/c1-23(10-8-12-31-35(4,5)27-22-25(49(42,43)44)14-16-29(27)37(31)20-18-33(40)41)9-7-11-30-34(2,3)26-21-24(48-47-46-45-6)13-15-28(26)36(30)19-17-32(38)39/h7-16,21-22H,17-20H2,1-6H3,(H2-,38,39,40,41,42,43,44)/p+1. The highest BCUT2D eigenvalue weighted by atomic mass is 32.2. The lowest BCUT2D eigenvalue weighted by Gasteiger charge is -2.26. The van der Waals surface area contributed by atoms with Crippen LogP contribution in [-0.2, 0) is 44.8 Å². The average Bonchev–Trinajstić information content (AvgIpc) is 3.36. The molecule has 0 saturated heterocycles. The molecule has 2 heterocycles. The number of allylic oxidation sites excluding steroid dienone is 8. The summed E-state index contributed by atoms with van der Waals surface area (Å²) in [7, 11) is -3.09. The van der Waals surface area contributed by atoms with E-state index in [0.29, 0.717) is 17.8 Å². The maximum atomic E-state index is 11.9. The number of nitrogens with zero attached hydrogens (tertiary/aromatic N) is 2. The van der Waals surface area contributed by atoms with Gasteiger partial charge in [-0.25, -0.2) is 4.89 Å². The molecule has 0 saturated carbocycles. The van der Waals surface area contributed by atoms with Gasteiger partial charge >= 0.3 is 11.9 Å². The largest absolute Gasteiger partial charge is 0.481 e. The number of hydrogen-bond acceptors (Lipinski definition) is 9. The summed E-state index contributed by atoms with van der Waals surface area (Å²) < 4.78 is 40.3. The van der Waals surface area contributed by atoms with E-state index in [1.165, 1.54) is 19.2 Å². The fraction of sp³-hybridized carbons (Fsp3) is 0.343. The van der Waals surface area contributed by atoms with Crippen molar-refractivity contribution in [3.05, 3.63) is 95.3 Å². The van der Waals surface area contributed by atoms with Gasteiger partial charge in [-0.3, -0.25) is 14.1 Å². The number of fused-ring (bicyclic) bond motifs is 2. The van der Waals surface area contributed by atoms with Gasteiger partial charge in [0.2, 0.25) is 5.69 Å². The molecule has 0 unspecified atom stereocenters. The number of hydrogen-bond donors (Lipinski definition) is 3. The minimum absolute atomic E-state index is 0.0404. The molecule has 3 N–H and O–H groups in total. The number of benzene rings is 2. The first kappa shape index (κ1) is 37.8. The molecule has 2 aliphatic rings. The van der Waals surface area contributed by atoms with Crippen LogP contribution in [0.2, 0.25) is 0 Å². The van der Waals surface area contributed by atoms with Crippen LogP contribution in [0.5, 0.6) is 0 Å². The zero-order valence-corrected chi connectivity index (χ0v) is 29.8. The molecule has 2 aliphatic heterocycles. The molecule has 0 spiro atoms. The van der Waals surface area contributed by atoms with Crippen molar-refractivity contribution in [1.29, 1.82) is 0 Å². The summed E-state index contributed by atoms with van der Waals surface area (Å²) in [6.07, 6.45) is 11.3. The zero-order valence-electron chi connectivity index (χ0n) is 28.2. The van der Waals surface area contributed by atoms with Crippen LogP contribution >= 0.6 is 12.0 Å². The van der Waals surface area contributed by atoms with E-state index in [2.05, 4.69) is 23.8 Å². The zero-order chi connectivity index (χ0) is 36.1. The SMILES string of the molecule is COOOSc1ccc2c(c1)C(C)(C)C(/C=C/C=C(C)/C=C/C=C1/N(CCC(=O)O)c3ccc(S(=O)(=O)O)cc3C1(C)C)=[N+]2CCC(=O)O. The lowest BCUT2D eigenvalue weighted by molar-refractivity contribution is -0.447. The van der Waals surface area contributed by atoms with Crippen molar-refractivity contribution in [3.63, 3.8) is 0 Å². The van der Waals surface area contributed by atoms with Gasteiger partial charge in [0.15, 0.2) is 12.3 Å². The number of aliphatic carboxylic acids is 2. The van der Waals surface area contributed by atoms with E-state index >= 15 is 0 Å². The van der Waals surface area contributed by atoms with Crippen LogP contribution in [0, 0.1) is 0 Å². The Morgan fingerprint density at radius 3 is 2.35 bits per heavy atom. The van der Waals surface area contributed by atoms with E-state index in [-0.39, 0.29) is 24.3 Å². The van der Waals surface area contributed by atoms with Gasteiger partial charge in [0, 0.05) is 45.9 Å². The van der Waals surface area contributed by atoms with Crippen molar-refractivity contribution in [1.82, 2.24) is 0 Å². The predicted molar refractivity (Wildman–Crippen MR) is 186 cm³/mol. The summed E-state index contributed by atoms with van der Waals surface area (Å²) in [5.41, 5.74) is 4.74. The Balaban J connectivity index is 1.62. The summed E-state index contributed by atoms with van der Waals surface area (Å²) in [5, 5.41) is 23.3. The van der Waals surface area contributed by atoms with Crippen LogP contribution in [0.1, 0.15) is 58.6 Å². The lowest BCUT2D eigenvalue weighted by Crippen LogP contribution is -2.28. The van der Waals surface area contributed by atoms with Crippen molar-refractivity contribution in [3.8, 4) is 0 Å². The maximum absolute atomic E-state index is 11.9. The molecular formula is C35H41N2O10S2+. The molecule has 0 radical (unpaired) electrons. The highest BCUT2D eigenvalue weighted by Crippen LogP contribution is 2.48. The van der Waals surface area contributed by atoms with Crippen LogP contribution in [0.3, 0.4) is 0 Å². The summed E-state index contributed by atoms with van der Waals surface area (Å²) in [6.45, 7) is 10.4. The molecule has 14 heteroatoms. The first-order chi connectivity index (χ1) is 23.0. The molecule has 0 bridgehead atoms. The van der Waals surface area contributed by atoms with Gasteiger partial charge in [0.05, 0.1) is 35.9 Å². The lowest BCUT2D eigenvalue weighted by atomic mass is 9.81. The first-order valence-corrected chi connectivity index (χ1v) is 17.6. The number of rotatable bonds is 15. The van der Waals surface area contributed by atoms with Crippen molar-refractivity contribution < 1.29 is 51.6 Å². The third kappa shape index (κ3) is 8.58. The molecular weight excluding hydrogens is 673 g/mol. The minimum atomic E-state index is -4.42. The second-order valence-electron chi connectivity index (χ2n) is 12.6. The Hall–Kier alpha value is -4.05.